The van der Waals surface area contributed by atoms with Crippen LogP contribution < -0.4 is 5.32 Å². The van der Waals surface area contributed by atoms with Gasteiger partial charge in [-0.3, -0.25) is 4.79 Å². The number of carbonyl (C=O) groups excluding carboxylic acids is 1. The van der Waals surface area contributed by atoms with Gasteiger partial charge < -0.3 is 19.0 Å². The smallest absolute Gasteiger partial charge is 0.273 e. The van der Waals surface area contributed by atoms with E-state index in [0.717, 1.165) is 18.4 Å². The lowest BCUT2D eigenvalue weighted by Gasteiger charge is -2.33. The van der Waals surface area contributed by atoms with Crippen LogP contribution in [-0.4, -0.2) is 40.5 Å². The number of nitrogens with one attached hydrogen (secondary N) is 1. The van der Waals surface area contributed by atoms with Crippen molar-refractivity contribution in [3.05, 3.63) is 53.9 Å². The Morgan fingerprint density at radius 2 is 1.78 bits per heavy atom. The molecule has 0 unspecified atom stereocenters. The van der Waals surface area contributed by atoms with E-state index in [9.17, 15) is 4.79 Å². The van der Waals surface area contributed by atoms with Gasteiger partial charge in [-0.05, 0) is 12.8 Å². The quantitative estimate of drug-likeness (QED) is 0.740. The van der Waals surface area contributed by atoms with Gasteiger partial charge in [0, 0.05) is 23.6 Å². The molecule has 2 aromatic heterocycles. The van der Waals surface area contributed by atoms with Gasteiger partial charge in [-0.25, -0.2) is 0 Å². The maximum Gasteiger partial charge on any atom is 0.273 e. The Hall–Kier alpha value is -3.00. The molecule has 8 heteroatoms. The van der Waals surface area contributed by atoms with Gasteiger partial charge in [0.2, 0.25) is 11.8 Å². The van der Waals surface area contributed by atoms with Crippen LogP contribution in [0.25, 0.3) is 11.3 Å². The monoisotopic (exact) mass is 366 g/mol. The number of rotatable bonds is 5. The summed E-state index contributed by atoms with van der Waals surface area (Å²) in [4.78, 5) is 12.4. The van der Waals surface area contributed by atoms with Crippen molar-refractivity contribution in [1.29, 1.82) is 0 Å². The van der Waals surface area contributed by atoms with Crippen molar-refractivity contribution in [2.24, 2.45) is 0 Å². The average Bonchev–Trinajstić information content (AvgIpc) is 3.27. The van der Waals surface area contributed by atoms with Gasteiger partial charge in [-0.1, -0.05) is 35.5 Å². The Labute approximate surface area is 154 Å². The summed E-state index contributed by atoms with van der Waals surface area (Å²) in [5, 5.41) is 15.1. The molecule has 27 heavy (non-hydrogen) atoms. The Kier molecular flexibility index (Phi) is 3.97. The molecule has 1 aliphatic carbocycles. The lowest BCUT2D eigenvalue weighted by atomic mass is 9.80. The number of carbonyl (C=O) groups is 1. The molecule has 3 aromatic rings. The third-order valence-electron chi connectivity index (χ3n) is 5.07. The first-order valence-electron chi connectivity index (χ1n) is 9.00. The number of nitrogens with zero attached hydrogens (tertiary/aromatic N) is 3. The van der Waals surface area contributed by atoms with Gasteiger partial charge in [0.1, 0.15) is 0 Å². The number of aromatic nitrogens is 3. The molecule has 0 radical (unpaired) electrons. The summed E-state index contributed by atoms with van der Waals surface area (Å²) in [6.45, 7) is 1.29. The second kappa shape index (κ2) is 6.62. The number of benzene rings is 1. The molecular weight excluding hydrogens is 348 g/mol. The minimum absolute atomic E-state index is 0.0711. The zero-order chi connectivity index (χ0) is 18.2. The highest BCUT2D eigenvalue weighted by atomic mass is 16.5. The van der Waals surface area contributed by atoms with Crippen molar-refractivity contribution < 1.29 is 18.5 Å². The maximum atomic E-state index is 12.4. The number of hydrogen-bond acceptors (Lipinski definition) is 7. The van der Waals surface area contributed by atoms with E-state index in [0.29, 0.717) is 30.8 Å². The van der Waals surface area contributed by atoms with E-state index in [1.54, 1.807) is 6.07 Å². The number of amides is 1. The van der Waals surface area contributed by atoms with Gasteiger partial charge in [0.15, 0.2) is 11.5 Å². The molecule has 138 valence electrons. The summed E-state index contributed by atoms with van der Waals surface area (Å²) < 4.78 is 16.2. The van der Waals surface area contributed by atoms with Crippen molar-refractivity contribution in [2.75, 3.05) is 13.2 Å². The standard InChI is InChI=1S/C19H18N4O4/c24-17(15-8-16(27-23-15)11-4-2-1-3-5-11)20-14-6-12(7-14)18-21-22-19(26-18)13-9-25-10-13/h1-5,8,12-14H,6-7,9-10H2,(H,20,24)/t12-,14-. The van der Waals surface area contributed by atoms with Crippen LogP contribution in [0, 0.1) is 0 Å². The van der Waals surface area contributed by atoms with Gasteiger partial charge in [-0.2, -0.15) is 0 Å². The second-order valence-electron chi connectivity index (χ2n) is 6.99. The molecule has 1 saturated carbocycles. The SMILES string of the molecule is O=C(N[C@H]1C[C@H](c2nnc(C3COC3)o2)C1)c1cc(-c2ccccc2)on1. The lowest BCUT2D eigenvalue weighted by molar-refractivity contribution is -0.00314. The Morgan fingerprint density at radius 1 is 1.04 bits per heavy atom. The number of hydrogen-bond donors (Lipinski definition) is 1. The van der Waals surface area contributed by atoms with E-state index < -0.39 is 0 Å². The molecule has 8 nitrogen and oxygen atoms in total. The zero-order valence-corrected chi connectivity index (χ0v) is 14.5. The fourth-order valence-corrected chi connectivity index (χ4v) is 3.27. The Morgan fingerprint density at radius 3 is 2.48 bits per heavy atom. The zero-order valence-electron chi connectivity index (χ0n) is 14.5. The van der Waals surface area contributed by atoms with E-state index in [1.165, 1.54) is 0 Å². The second-order valence-corrected chi connectivity index (χ2v) is 6.99. The summed E-state index contributed by atoms with van der Waals surface area (Å²) in [5.74, 6) is 2.06. The molecule has 0 atom stereocenters. The summed E-state index contributed by atoms with van der Waals surface area (Å²) in [5.41, 5.74) is 1.17. The third-order valence-corrected chi connectivity index (χ3v) is 5.07. The van der Waals surface area contributed by atoms with Crippen LogP contribution in [0.15, 0.2) is 45.3 Å². The lowest BCUT2D eigenvalue weighted by Crippen LogP contribution is -2.43. The van der Waals surface area contributed by atoms with Crippen LogP contribution in [-0.2, 0) is 4.74 Å². The molecule has 1 aliphatic heterocycles. The van der Waals surface area contributed by atoms with Crippen molar-refractivity contribution in [3.63, 3.8) is 0 Å². The molecule has 1 saturated heterocycles. The fraction of sp³-hybridized carbons (Fsp3) is 0.368. The first-order chi connectivity index (χ1) is 13.3. The molecule has 2 fully saturated rings. The minimum atomic E-state index is -0.234. The normalized spacial score (nSPS) is 22.1. The predicted molar refractivity (Wildman–Crippen MR) is 93.0 cm³/mol. The van der Waals surface area contributed by atoms with Crippen molar-refractivity contribution >= 4 is 5.91 Å². The maximum absolute atomic E-state index is 12.4. The van der Waals surface area contributed by atoms with Crippen molar-refractivity contribution in [3.8, 4) is 11.3 Å². The Balaban J connectivity index is 1.16. The molecule has 3 heterocycles. The van der Waals surface area contributed by atoms with Gasteiger partial charge in [0.25, 0.3) is 5.91 Å². The summed E-state index contributed by atoms with van der Waals surface area (Å²) in [6.07, 6.45) is 1.55. The van der Waals surface area contributed by atoms with E-state index in [4.69, 9.17) is 13.7 Å². The highest BCUT2D eigenvalue weighted by Gasteiger charge is 2.37. The van der Waals surface area contributed by atoms with Crippen LogP contribution in [0.2, 0.25) is 0 Å². The van der Waals surface area contributed by atoms with Crippen LogP contribution in [0.3, 0.4) is 0 Å². The minimum Gasteiger partial charge on any atom is -0.424 e. The van der Waals surface area contributed by atoms with Crippen LogP contribution in [0.1, 0.15) is 46.9 Å². The highest BCUT2D eigenvalue weighted by molar-refractivity contribution is 5.93. The van der Waals surface area contributed by atoms with Gasteiger partial charge >= 0.3 is 0 Å². The topological polar surface area (TPSA) is 103 Å². The molecule has 0 bridgehead atoms. The van der Waals surface area contributed by atoms with Crippen LogP contribution in [0.4, 0.5) is 0 Å². The Bertz CT molecular complexity index is 942. The first kappa shape index (κ1) is 16.2. The highest BCUT2D eigenvalue weighted by Crippen LogP contribution is 2.37. The molecule has 1 aromatic carbocycles. The molecule has 2 aliphatic rings. The van der Waals surface area contributed by atoms with E-state index in [2.05, 4.69) is 20.7 Å². The van der Waals surface area contributed by atoms with Crippen molar-refractivity contribution in [2.45, 2.75) is 30.7 Å². The van der Waals surface area contributed by atoms with Crippen LogP contribution >= 0.6 is 0 Å². The van der Waals surface area contributed by atoms with E-state index in [1.807, 2.05) is 30.3 Å². The molecule has 5 rings (SSSR count). The summed E-state index contributed by atoms with van der Waals surface area (Å²) in [6, 6.07) is 11.3. The third kappa shape index (κ3) is 3.12. The van der Waals surface area contributed by atoms with Gasteiger partial charge in [-0.15, -0.1) is 10.2 Å². The molecule has 1 N–H and O–H groups in total. The van der Waals surface area contributed by atoms with Gasteiger partial charge in [0.05, 0.1) is 19.1 Å². The average molecular weight is 366 g/mol. The predicted octanol–water partition coefficient (Wildman–Crippen LogP) is 2.51. The fourth-order valence-electron chi connectivity index (χ4n) is 3.27. The van der Waals surface area contributed by atoms with Crippen molar-refractivity contribution in [1.82, 2.24) is 20.7 Å². The van der Waals surface area contributed by atoms with E-state index in [-0.39, 0.29) is 29.5 Å². The first-order valence-corrected chi connectivity index (χ1v) is 9.00. The van der Waals surface area contributed by atoms with Crippen LogP contribution in [0.5, 0.6) is 0 Å². The van der Waals surface area contributed by atoms with E-state index >= 15 is 0 Å². The molecular formula is C19H18N4O4. The number of ether oxygens (including phenoxy) is 1. The molecule has 1 amide bonds. The molecule has 0 spiro atoms. The summed E-state index contributed by atoms with van der Waals surface area (Å²) in [7, 11) is 0. The largest absolute Gasteiger partial charge is 0.424 e. The summed E-state index contributed by atoms with van der Waals surface area (Å²) >= 11 is 0.